The summed E-state index contributed by atoms with van der Waals surface area (Å²) < 4.78 is 10.2. The van der Waals surface area contributed by atoms with Crippen LogP contribution in [0.25, 0.3) is 0 Å². The van der Waals surface area contributed by atoms with E-state index in [4.69, 9.17) is 15.2 Å². The standard InChI is InChI=1S/C12H17NO3/c1-9(13)12(14)10-3-5-11(6-4-10)16-8-7-15-2/h3-6,9H,7-8,13H2,1-2H3. The molecular formula is C12H17NO3. The van der Waals surface area contributed by atoms with Gasteiger partial charge in [-0.3, -0.25) is 4.79 Å². The van der Waals surface area contributed by atoms with Gasteiger partial charge in [0.05, 0.1) is 12.6 Å². The van der Waals surface area contributed by atoms with Crippen molar-refractivity contribution in [3.8, 4) is 5.75 Å². The van der Waals surface area contributed by atoms with Gasteiger partial charge in [-0.05, 0) is 31.2 Å². The maximum Gasteiger partial charge on any atom is 0.179 e. The van der Waals surface area contributed by atoms with Gasteiger partial charge in [0, 0.05) is 12.7 Å². The molecule has 88 valence electrons. The highest BCUT2D eigenvalue weighted by Crippen LogP contribution is 2.13. The van der Waals surface area contributed by atoms with Crippen LogP contribution in [0.4, 0.5) is 0 Å². The van der Waals surface area contributed by atoms with Crippen LogP contribution in [0, 0.1) is 0 Å². The number of carbonyl (C=O) groups excluding carboxylic acids is 1. The summed E-state index contributed by atoms with van der Waals surface area (Å²) in [7, 11) is 1.62. The molecule has 0 aliphatic heterocycles. The predicted molar refractivity (Wildman–Crippen MR) is 61.8 cm³/mol. The molecule has 0 radical (unpaired) electrons. The van der Waals surface area contributed by atoms with Crippen molar-refractivity contribution in [1.29, 1.82) is 0 Å². The number of Topliss-reactive ketones (excluding diaryl/α,β-unsaturated/α-hetero) is 1. The van der Waals surface area contributed by atoms with E-state index in [-0.39, 0.29) is 5.78 Å². The molecular weight excluding hydrogens is 206 g/mol. The number of benzene rings is 1. The van der Waals surface area contributed by atoms with Crippen molar-refractivity contribution < 1.29 is 14.3 Å². The molecule has 0 aliphatic rings. The van der Waals surface area contributed by atoms with Gasteiger partial charge in [0.1, 0.15) is 12.4 Å². The van der Waals surface area contributed by atoms with E-state index in [1.54, 1.807) is 38.3 Å². The first kappa shape index (κ1) is 12.7. The highest BCUT2D eigenvalue weighted by molar-refractivity contribution is 5.99. The van der Waals surface area contributed by atoms with Crippen LogP contribution in [0.5, 0.6) is 5.75 Å². The van der Waals surface area contributed by atoms with Gasteiger partial charge in [-0.15, -0.1) is 0 Å². The second-order valence-corrected chi connectivity index (χ2v) is 3.52. The molecule has 4 heteroatoms. The van der Waals surface area contributed by atoms with Crippen LogP contribution in [-0.2, 0) is 4.74 Å². The van der Waals surface area contributed by atoms with Crippen LogP contribution in [0.15, 0.2) is 24.3 Å². The quantitative estimate of drug-likeness (QED) is 0.582. The van der Waals surface area contributed by atoms with E-state index in [1.807, 2.05) is 0 Å². The Hall–Kier alpha value is -1.39. The van der Waals surface area contributed by atoms with E-state index in [0.29, 0.717) is 18.8 Å². The lowest BCUT2D eigenvalue weighted by atomic mass is 10.1. The van der Waals surface area contributed by atoms with Crippen LogP contribution in [0.3, 0.4) is 0 Å². The van der Waals surface area contributed by atoms with E-state index in [2.05, 4.69) is 0 Å². The minimum atomic E-state index is -0.472. The first-order valence-corrected chi connectivity index (χ1v) is 5.16. The minimum Gasteiger partial charge on any atom is -0.491 e. The van der Waals surface area contributed by atoms with Crippen molar-refractivity contribution in [2.75, 3.05) is 20.3 Å². The second-order valence-electron chi connectivity index (χ2n) is 3.52. The Morgan fingerprint density at radius 1 is 1.31 bits per heavy atom. The van der Waals surface area contributed by atoms with E-state index >= 15 is 0 Å². The molecule has 1 aromatic rings. The molecule has 0 saturated carbocycles. The Labute approximate surface area is 95.3 Å². The van der Waals surface area contributed by atoms with Crippen molar-refractivity contribution >= 4 is 5.78 Å². The van der Waals surface area contributed by atoms with E-state index in [0.717, 1.165) is 5.75 Å². The third kappa shape index (κ3) is 3.64. The number of rotatable bonds is 6. The molecule has 0 amide bonds. The van der Waals surface area contributed by atoms with Gasteiger partial charge in [0.15, 0.2) is 5.78 Å². The van der Waals surface area contributed by atoms with Crippen molar-refractivity contribution in [1.82, 2.24) is 0 Å². The van der Waals surface area contributed by atoms with Crippen molar-refractivity contribution in [2.24, 2.45) is 5.73 Å². The highest BCUT2D eigenvalue weighted by Gasteiger charge is 2.10. The molecule has 1 unspecified atom stereocenters. The molecule has 0 saturated heterocycles. The van der Waals surface area contributed by atoms with Gasteiger partial charge in [-0.1, -0.05) is 0 Å². The lowest BCUT2D eigenvalue weighted by Crippen LogP contribution is -2.26. The van der Waals surface area contributed by atoms with Crippen LogP contribution < -0.4 is 10.5 Å². The Morgan fingerprint density at radius 2 is 1.94 bits per heavy atom. The number of methoxy groups -OCH3 is 1. The molecule has 0 aliphatic carbocycles. The van der Waals surface area contributed by atoms with Gasteiger partial charge >= 0.3 is 0 Å². The summed E-state index contributed by atoms with van der Waals surface area (Å²) >= 11 is 0. The number of ketones is 1. The number of nitrogens with two attached hydrogens (primary N) is 1. The molecule has 1 aromatic carbocycles. The van der Waals surface area contributed by atoms with Gasteiger partial charge in [-0.2, -0.15) is 0 Å². The van der Waals surface area contributed by atoms with Crippen LogP contribution in [0.2, 0.25) is 0 Å². The predicted octanol–water partition coefficient (Wildman–Crippen LogP) is 1.24. The van der Waals surface area contributed by atoms with Crippen molar-refractivity contribution in [3.05, 3.63) is 29.8 Å². The maximum atomic E-state index is 11.5. The first-order chi connectivity index (χ1) is 7.65. The summed E-state index contributed by atoms with van der Waals surface area (Å²) in [6, 6.07) is 6.47. The highest BCUT2D eigenvalue weighted by atomic mass is 16.5. The molecule has 0 fully saturated rings. The Kier molecular flexibility index (Phi) is 4.95. The Bertz CT molecular complexity index is 333. The molecule has 0 aromatic heterocycles. The fraction of sp³-hybridized carbons (Fsp3) is 0.417. The van der Waals surface area contributed by atoms with Crippen molar-refractivity contribution in [3.63, 3.8) is 0 Å². The van der Waals surface area contributed by atoms with E-state index < -0.39 is 6.04 Å². The fourth-order valence-electron chi connectivity index (χ4n) is 1.22. The largest absolute Gasteiger partial charge is 0.491 e. The molecule has 0 spiro atoms. The molecule has 1 atom stereocenters. The number of ether oxygens (including phenoxy) is 2. The van der Waals surface area contributed by atoms with E-state index in [9.17, 15) is 4.79 Å². The zero-order valence-corrected chi connectivity index (χ0v) is 9.60. The molecule has 16 heavy (non-hydrogen) atoms. The van der Waals surface area contributed by atoms with Crippen LogP contribution in [-0.4, -0.2) is 32.1 Å². The summed E-state index contributed by atoms with van der Waals surface area (Å²) in [4.78, 5) is 11.5. The lowest BCUT2D eigenvalue weighted by molar-refractivity contribution is 0.0968. The average molecular weight is 223 g/mol. The zero-order chi connectivity index (χ0) is 12.0. The molecule has 1 rings (SSSR count). The molecule has 2 N–H and O–H groups in total. The third-order valence-electron chi connectivity index (χ3n) is 2.11. The Morgan fingerprint density at radius 3 is 2.44 bits per heavy atom. The summed E-state index contributed by atoms with van der Waals surface area (Å²) in [5.41, 5.74) is 6.11. The minimum absolute atomic E-state index is 0.0663. The number of carbonyl (C=O) groups is 1. The summed E-state index contributed by atoms with van der Waals surface area (Å²) in [6.07, 6.45) is 0. The number of hydrogen-bond acceptors (Lipinski definition) is 4. The van der Waals surface area contributed by atoms with Gasteiger partial charge < -0.3 is 15.2 Å². The summed E-state index contributed by atoms with van der Waals surface area (Å²) in [5.74, 6) is 0.654. The molecule has 4 nitrogen and oxygen atoms in total. The monoisotopic (exact) mass is 223 g/mol. The van der Waals surface area contributed by atoms with Crippen molar-refractivity contribution in [2.45, 2.75) is 13.0 Å². The number of hydrogen-bond donors (Lipinski definition) is 1. The zero-order valence-electron chi connectivity index (χ0n) is 9.60. The Balaban J connectivity index is 2.57. The van der Waals surface area contributed by atoms with Gasteiger partial charge in [0.25, 0.3) is 0 Å². The van der Waals surface area contributed by atoms with Gasteiger partial charge in [0.2, 0.25) is 0 Å². The van der Waals surface area contributed by atoms with E-state index in [1.165, 1.54) is 0 Å². The van der Waals surface area contributed by atoms with Crippen LogP contribution in [0.1, 0.15) is 17.3 Å². The molecule has 0 bridgehead atoms. The lowest BCUT2D eigenvalue weighted by Gasteiger charge is -2.07. The summed E-state index contributed by atoms with van der Waals surface area (Å²) in [5, 5.41) is 0. The normalized spacial score (nSPS) is 12.2. The smallest absolute Gasteiger partial charge is 0.179 e. The molecule has 0 heterocycles. The first-order valence-electron chi connectivity index (χ1n) is 5.16. The van der Waals surface area contributed by atoms with Crippen LogP contribution >= 0.6 is 0 Å². The topological polar surface area (TPSA) is 61.5 Å². The third-order valence-corrected chi connectivity index (χ3v) is 2.11. The summed E-state index contributed by atoms with van der Waals surface area (Å²) in [6.45, 7) is 2.71. The SMILES string of the molecule is COCCOc1ccc(C(=O)C(C)N)cc1. The second kappa shape index (κ2) is 6.25. The average Bonchev–Trinajstić information content (AvgIpc) is 2.29. The van der Waals surface area contributed by atoms with Gasteiger partial charge in [-0.25, -0.2) is 0 Å². The maximum absolute atomic E-state index is 11.5. The fourth-order valence-corrected chi connectivity index (χ4v) is 1.22.